The molecule has 0 rings (SSSR count). The van der Waals surface area contributed by atoms with E-state index in [2.05, 4.69) is 48.2 Å². The Morgan fingerprint density at radius 1 is 0.679 bits per heavy atom. The quantitative estimate of drug-likeness (QED) is 0.145. The van der Waals surface area contributed by atoms with Gasteiger partial charge in [0.2, 0.25) is 0 Å². The number of carboxylic acids is 2. The molecule has 8 N–H and O–H groups in total. The fourth-order valence-electron chi connectivity index (χ4n) is 0.617. The van der Waals surface area contributed by atoms with Gasteiger partial charge < -0.3 is 29.8 Å². The van der Waals surface area contributed by atoms with Crippen LogP contribution in [-0.2, 0) is 40.5 Å². The lowest BCUT2D eigenvalue weighted by molar-refractivity contribution is -0.136. The highest BCUT2D eigenvalue weighted by atomic mass is 32.2. The monoisotopic (exact) mass is 492 g/mol. The Morgan fingerprint density at radius 3 is 0.964 bits per heavy atom. The van der Waals surface area contributed by atoms with Crippen LogP contribution in [0.25, 0.3) is 0 Å². The Labute approximate surface area is 171 Å². The Hall–Kier alpha value is -0.140. The summed E-state index contributed by atoms with van der Waals surface area (Å²) in [5.74, 6) is -2.29. The van der Waals surface area contributed by atoms with E-state index in [9.17, 15) is 18.7 Å². The fraction of sp³-hybridized carbons (Fsp3) is 0.833. The first kappa shape index (κ1) is 35.3. The molecule has 0 aromatic rings. The SMILES string of the molecule is C[S+](C)C.C[S+](C)C.O=C(O)CNCP(=O)(O)O.O=C(O)CNCP(=O)(O)O. The maximum absolute atomic E-state index is 10.1. The van der Waals surface area contributed by atoms with Crippen LogP contribution in [0, 0.1) is 0 Å². The minimum Gasteiger partial charge on any atom is -0.480 e. The van der Waals surface area contributed by atoms with Gasteiger partial charge in [0.25, 0.3) is 0 Å². The van der Waals surface area contributed by atoms with Crippen LogP contribution in [0.5, 0.6) is 0 Å². The second-order valence-corrected chi connectivity index (χ2v) is 13.9. The zero-order valence-electron chi connectivity index (χ0n) is 16.9. The van der Waals surface area contributed by atoms with Crippen LogP contribution in [0.4, 0.5) is 0 Å². The molecule has 0 saturated heterocycles. The molecule has 12 nitrogen and oxygen atoms in total. The van der Waals surface area contributed by atoms with Crippen LogP contribution >= 0.6 is 15.2 Å². The lowest BCUT2D eigenvalue weighted by atomic mass is 10.7. The molecule has 172 valence electrons. The average Bonchev–Trinajstić information content (AvgIpc) is 2.33. The molecule has 0 heterocycles. The van der Waals surface area contributed by atoms with Gasteiger partial charge in [-0.05, 0) is 21.8 Å². The van der Waals surface area contributed by atoms with Crippen molar-refractivity contribution in [2.24, 2.45) is 0 Å². The predicted molar refractivity (Wildman–Crippen MR) is 115 cm³/mol. The lowest BCUT2D eigenvalue weighted by Crippen LogP contribution is -2.23. The van der Waals surface area contributed by atoms with Gasteiger partial charge in [0, 0.05) is 0 Å². The molecule has 0 atom stereocenters. The maximum atomic E-state index is 10.1. The number of rotatable bonds is 8. The number of carboxylic acid groups (broad SMARTS) is 2. The Kier molecular flexibility index (Phi) is 25.4. The number of hydrogen-bond donors (Lipinski definition) is 8. The van der Waals surface area contributed by atoms with Crippen molar-refractivity contribution >= 4 is 48.9 Å². The molecule has 0 spiro atoms. The summed E-state index contributed by atoms with van der Waals surface area (Å²) in [6, 6.07) is 0. The van der Waals surface area contributed by atoms with Gasteiger partial charge in [-0.3, -0.25) is 29.4 Å². The Balaban J connectivity index is -0.000000150. The highest BCUT2D eigenvalue weighted by Crippen LogP contribution is 2.32. The molecule has 16 heteroatoms. The van der Waals surface area contributed by atoms with Gasteiger partial charge in [-0.1, -0.05) is 0 Å². The molecule has 0 fully saturated rings. The van der Waals surface area contributed by atoms with E-state index in [1.165, 1.54) is 0 Å². The molecule has 0 aliphatic carbocycles. The second kappa shape index (κ2) is 20.1. The molecular formula is C12H34N2O10P2S2+2. The fourth-order valence-corrected chi connectivity index (χ4v) is 1.42. The molecule has 0 aliphatic rings. The number of hydrogen-bond acceptors (Lipinski definition) is 6. The van der Waals surface area contributed by atoms with Gasteiger partial charge in [-0.2, -0.15) is 0 Å². The van der Waals surface area contributed by atoms with Crippen molar-refractivity contribution in [2.45, 2.75) is 0 Å². The first-order valence-electron chi connectivity index (χ1n) is 7.22. The average molecular weight is 492 g/mol. The second-order valence-electron chi connectivity index (χ2n) is 5.74. The lowest BCUT2D eigenvalue weighted by Gasteiger charge is -2.02. The first-order valence-corrected chi connectivity index (χ1v) is 15.7. The van der Waals surface area contributed by atoms with E-state index in [1.54, 1.807) is 0 Å². The number of nitrogens with one attached hydrogen (secondary N) is 2. The Morgan fingerprint density at radius 2 is 0.857 bits per heavy atom. The zero-order valence-corrected chi connectivity index (χ0v) is 20.3. The van der Waals surface area contributed by atoms with E-state index in [0.29, 0.717) is 21.8 Å². The summed E-state index contributed by atoms with van der Waals surface area (Å²) in [6.45, 7) is -0.879. The molecule has 0 amide bonds. The summed E-state index contributed by atoms with van der Waals surface area (Å²) in [6.07, 6.45) is 12.0. The molecule has 0 unspecified atom stereocenters. The normalized spacial score (nSPS) is 10.7. The van der Waals surface area contributed by atoms with Gasteiger partial charge in [0.05, 0.1) is 63.2 Å². The zero-order chi connectivity index (χ0) is 23.6. The topological polar surface area (TPSA) is 214 Å². The van der Waals surface area contributed by atoms with Crippen molar-refractivity contribution in [1.29, 1.82) is 0 Å². The molecule has 0 radical (unpaired) electrons. The van der Waals surface area contributed by atoms with Crippen molar-refractivity contribution in [3.05, 3.63) is 0 Å². The van der Waals surface area contributed by atoms with Gasteiger partial charge in [0.15, 0.2) is 0 Å². The molecule has 0 saturated carbocycles. The van der Waals surface area contributed by atoms with Gasteiger partial charge >= 0.3 is 27.1 Å². The van der Waals surface area contributed by atoms with Crippen molar-refractivity contribution in [3.63, 3.8) is 0 Å². The van der Waals surface area contributed by atoms with Gasteiger partial charge in [-0.25, -0.2) is 0 Å². The van der Waals surface area contributed by atoms with Crippen LogP contribution in [-0.4, -0.2) is 105 Å². The molecule has 0 aromatic heterocycles. The molecule has 0 aromatic carbocycles. The van der Waals surface area contributed by atoms with Crippen molar-refractivity contribution < 1.29 is 48.5 Å². The van der Waals surface area contributed by atoms with Gasteiger partial charge in [-0.15, -0.1) is 0 Å². The van der Waals surface area contributed by atoms with E-state index in [-0.39, 0.29) is 0 Å². The van der Waals surface area contributed by atoms with E-state index in [1.807, 2.05) is 0 Å². The first-order chi connectivity index (χ1) is 12.3. The predicted octanol–water partition coefficient (Wildman–Crippen LogP) is -1.42. The van der Waals surface area contributed by atoms with Crippen LogP contribution < -0.4 is 10.6 Å². The van der Waals surface area contributed by atoms with Crippen molar-refractivity contribution in [3.8, 4) is 0 Å². The van der Waals surface area contributed by atoms with Crippen LogP contribution in [0.15, 0.2) is 0 Å². The van der Waals surface area contributed by atoms with Crippen molar-refractivity contribution in [1.82, 2.24) is 10.6 Å². The number of carbonyl (C=O) groups is 2. The van der Waals surface area contributed by atoms with Gasteiger partial charge in [0.1, 0.15) is 0 Å². The van der Waals surface area contributed by atoms with E-state index < -0.39 is 52.8 Å². The van der Waals surface area contributed by atoms with E-state index in [4.69, 9.17) is 29.8 Å². The minimum atomic E-state index is -4.10. The summed E-state index contributed by atoms with van der Waals surface area (Å²) in [5.41, 5.74) is 0. The Bertz CT molecular complexity index is 447. The number of aliphatic carboxylic acids is 2. The molecular weight excluding hydrogens is 458 g/mol. The minimum absolute atomic E-state index is 0.439. The third-order valence-corrected chi connectivity index (χ3v) is 2.46. The summed E-state index contributed by atoms with van der Waals surface area (Å²) < 4.78 is 20.1. The highest BCUT2D eigenvalue weighted by Gasteiger charge is 2.12. The largest absolute Gasteiger partial charge is 0.480 e. The van der Waals surface area contributed by atoms with Crippen LogP contribution in [0.2, 0.25) is 0 Å². The molecule has 0 aliphatic heterocycles. The third-order valence-electron chi connectivity index (χ3n) is 1.19. The summed E-state index contributed by atoms with van der Waals surface area (Å²) in [5, 5.41) is 20.1. The summed E-state index contributed by atoms with van der Waals surface area (Å²) >= 11 is 0. The maximum Gasteiger partial charge on any atom is 0.339 e. The smallest absolute Gasteiger partial charge is 0.339 e. The molecule has 0 bridgehead atoms. The standard InChI is InChI=1S/2C3H8NO5P.2C3H9S/c2*5-3(6)1-4-2-10(7,8)9;2*1-4(2)3/h2*4H,1-2H2,(H,5,6)(H2,7,8,9);2*1-3H3/q;;2*+1. The van der Waals surface area contributed by atoms with E-state index in [0.717, 1.165) is 0 Å². The summed E-state index contributed by atoms with van der Waals surface area (Å²) in [7, 11) is -6.91. The highest BCUT2D eigenvalue weighted by molar-refractivity contribution is 7.95. The van der Waals surface area contributed by atoms with Crippen molar-refractivity contribution in [2.75, 3.05) is 63.2 Å². The van der Waals surface area contributed by atoms with E-state index >= 15 is 0 Å². The molecule has 28 heavy (non-hydrogen) atoms. The van der Waals surface area contributed by atoms with Crippen LogP contribution in [0.3, 0.4) is 0 Å². The summed E-state index contributed by atoms with van der Waals surface area (Å²) in [4.78, 5) is 52.3. The van der Waals surface area contributed by atoms with Crippen LogP contribution in [0.1, 0.15) is 0 Å². The third kappa shape index (κ3) is 83.2.